The summed E-state index contributed by atoms with van der Waals surface area (Å²) >= 11 is 0. The molecule has 62 valence electrons. The number of imide groups is 1. The lowest BCUT2D eigenvalue weighted by atomic mass is 10.4. The molecule has 1 saturated heterocycles. The van der Waals surface area contributed by atoms with E-state index >= 15 is 0 Å². The Morgan fingerprint density at radius 3 is 2.09 bits per heavy atom. The van der Waals surface area contributed by atoms with Crippen LogP contribution in [0.25, 0.3) is 0 Å². The quantitative estimate of drug-likeness (QED) is 0.456. The summed E-state index contributed by atoms with van der Waals surface area (Å²) in [5.74, 6) is -0.0139. The lowest BCUT2D eigenvalue weighted by Gasteiger charge is -2.23. The molecule has 0 unspecified atom stereocenters. The highest BCUT2D eigenvalue weighted by Crippen LogP contribution is 2.12. The van der Waals surface area contributed by atoms with Gasteiger partial charge in [0, 0.05) is 0 Å². The van der Waals surface area contributed by atoms with Gasteiger partial charge in [0.2, 0.25) is 0 Å². The first-order chi connectivity index (χ1) is 5.17. The Kier molecular flexibility index (Phi) is 1.95. The second-order valence-electron chi connectivity index (χ2n) is 2.65. The average Bonchev–Trinajstić information content (AvgIpc) is 2.29. The Balaban J connectivity index is 2.94. The predicted molar refractivity (Wildman–Crippen MR) is 39.7 cm³/mol. The molecule has 4 heteroatoms. The van der Waals surface area contributed by atoms with Crippen LogP contribution in [0, 0.1) is 0 Å². The van der Waals surface area contributed by atoms with E-state index in [0.717, 1.165) is 0 Å². The standard InChI is InChI=1S/C7H12N2O2/c1-3-9(4-2)6(10)5-8-7(9)11/h3-5H2,1-2H3/p+1. The highest BCUT2D eigenvalue weighted by Gasteiger charge is 2.47. The molecule has 0 bridgehead atoms. The van der Waals surface area contributed by atoms with E-state index in [1.165, 1.54) is 0 Å². The third-order valence-electron chi connectivity index (χ3n) is 2.34. The van der Waals surface area contributed by atoms with E-state index in [4.69, 9.17) is 0 Å². The minimum absolute atomic E-state index is 0.0139. The summed E-state index contributed by atoms with van der Waals surface area (Å²) in [6, 6.07) is -0.153. The van der Waals surface area contributed by atoms with Gasteiger partial charge in [0.15, 0.2) is 0 Å². The molecule has 0 aromatic carbocycles. The third-order valence-corrected chi connectivity index (χ3v) is 2.34. The molecule has 3 amide bonds. The van der Waals surface area contributed by atoms with Gasteiger partial charge in [-0.05, 0) is 13.8 Å². The Bertz CT molecular complexity index is 179. The maximum Gasteiger partial charge on any atom is 0.424 e. The van der Waals surface area contributed by atoms with E-state index in [1.54, 1.807) is 0 Å². The molecule has 0 aliphatic carbocycles. The van der Waals surface area contributed by atoms with Crippen molar-refractivity contribution in [1.82, 2.24) is 5.32 Å². The minimum Gasteiger partial charge on any atom is -0.292 e. The normalized spacial score (nSPS) is 22.0. The first-order valence-electron chi connectivity index (χ1n) is 3.86. The first-order valence-corrected chi connectivity index (χ1v) is 3.86. The number of hydrogen-bond acceptors (Lipinski definition) is 2. The van der Waals surface area contributed by atoms with Crippen LogP contribution in [0.15, 0.2) is 0 Å². The number of hydrogen-bond donors (Lipinski definition) is 1. The maximum atomic E-state index is 11.3. The highest BCUT2D eigenvalue weighted by atomic mass is 16.2. The van der Waals surface area contributed by atoms with Gasteiger partial charge in [-0.1, -0.05) is 0 Å². The van der Waals surface area contributed by atoms with Crippen LogP contribution >= 0.6 is 0 Å². The summed E-state index contributed by atoms with van der Waals surface area (Å²) in [5, 5.41) is 2.55. The number of carbonyl (C=O) groups is 2. The van der Waals surface area contributed by atoms with Crippen LogP contribution in [0.4, 0.5) is 4.79 Å². The van der Waals surface area contributed by atoms with Gasteiger partial charge in [-0.15, -0.1) is 0 Å². The molecule has 1 rings (SSSR count). The molecule has 0 atom stereocenters. The smallest absolute Gasteiger partial charge is 0.292 e. The van der Waals surface area contributed by atoms with Gasteiger partial charge in [0.25, 0.3) is 0 Å². The number of amides is 3. The second-order valence-corrected chi connectivity index (χ2v) is 2.65. The van der Waals surface area contributed by atoms with Crippen molar-refractivity contribution < 1.29 is 14.1 Å². The minimum atomic E-state index is -0.153. The van der Waals surface area contributed by atoms with Crippen molar-refractivity contribution in [1.29, 1.82) is 0 Å². The number of quaternary nitrogens is 1. The molecule has 4 nitrogen and oxygen atoms in total. The summed E-state index contributed by atoms with van der Waals surface area (Å²) in [4.78, 5) is 22.5. The molecule has 1 fully saturated rings. The molecule has 1 heterocycles. The molecule has 0 aromatic heterocycles. The Labute approximate surface area is 65.8 Å². The predicted octanol–water partition coefficient (Wildman–Crippen LogP) is 0.0928. The summed E-state index contributed by atoms with van der Waals surface area (Å²) < 4.78 is -0.0278. The molecule has 0 aromatic rings. The summed E-state index contributed by atoms with van der Waals surface area (Å²) in [6.45, 7) is 5.02. The Morgan fingerprint density at radius 2 is 1.91 bits per heavy atom. The summed E-state index contributed by atoms with van der Waals surface area (Å²) in [6.07, 6.45) is 0. The molecule has 11 heavy (non-hydrogen) atoms. The lowest BCUT2D eigenvalue weighted by molar-refractivity contribution is -0.763. The summed E-state index contributed by atoms with van der Waals surface area (Å²) in [7, 11) is 0. The van der Waals surface area contributed by atoms with Crippen molar-refractivity contribution in [2.24, 2.45) is 0 Å². The fourth-order valence-corrected chi connectivity index (χ4v) is 1.43. The van der Waals surface area contributed by atoms with Crippen LogP contribution in [-0.2, 0) is 4.79 Å². The van der Waals surface area contributed by atoms with Gasteiger partial charge < -0.3 is 0 Å². The van der Waals surface area contributed by atoms with Gasteiger partial charge in [0.05, 0.1) is 13.1 Å². The average molecular weight is 157 g/mol. The number of nitrogens with zero attached hydrogens (tertiary/aromatic N) is 1. The molecular formula is C7H13N2O2+. The van der Waals surface area contributed by atoms with E-state index in [-0.39, 0.29) is 23.0 Å². The van der Waals surface area contributed by atoms with Crippen LogP contribution < -0.4 is 5.32 Å². The fraction of sp³-hybridized carbons (Fsp3) is 0.714. The van der Waals surface area contributed by atoms with Gasteiger partial charge in [0.1, 0.15) is 6.54 Å². The van der Waals surface area contributed by atoms with E-state index < -0.39 is 0 Å². The van der Waals surface area contributed by atoms with Gasteiger partial charge >= 0.3 is 11.9 Å². The van der Waals surface area contributed by atoms with Crippen molar-refractivity contribution in [3.8, 4) is 0 Å². The van der Waals surface area contributed by atoms with Crippen LogP contribution in [0.3, 0.4) is 0 Å². The molecule has 0 spiro atoms. The zero-order valence-electron chi connectivity index (χ0n) is 6.89. The van der Waals surface area contributed by atoms with E-state index in [9.17, 15) is 9.59 Å². The van der Waals surface area contributed by atoms with Crippen LogP contribution in [0.5, 0.6) is 0 Å². The summed E-state index contributed by atoms with van der Waals surface area (Å²) in [5.41, 5.74) is 0. The van der Waals surface area contributed by atoms with Crippen LogP contribution in [0.1, 0.15) is 13.8 Å². The van der Waals surface area contributed by atoms with Gasteiger partial charge in [-0.3, -0.25) is 5.32 Å². The van der Waals surface area contributed by atoms with Gasteiger partial charge in [-0.2, -0.15) is 4.48 Å². The largest absolute Gasteiger partial charge is 0.424 e. The Hall–Kier alpha value is -0.900. The third kappa shape index (κ3) is 0.939. The van der Waals surface area contributed by atoms with Crippen LogP contribution in [0.2, 0.25) is 0 Å². The molecule has 0 radical (unpaired) electrons. The number of carbonyl (C=O) groups excluding carboxylic acids is 2. The molecule has 1 N–H and O–H groups in total. The maximum absolute atomic E-state index is 11.3. The van der Waals surface area contributed by atoms with E-state index in [1.807, 2.05) is 13.8 Å². The molecule has 1 aliphatic heterocycles. The molecular weight excluding hydrogens is 144 g/mol. The zero-order chi connectivity index (χ0) is 8.48. The topological polar surface area (TPSA) is 46.2 Å². The first kappa shape index (κ1) is 8.20. The number of rotatable bonds is 2. The van der Waals surface area contributed by atoms with Gasteiger partial charge in [-0.25, -0.2) is 9.59 Å². The van der Waals surface area contributed by atoms with E-state index in [0.29, 0.717) is 13.1 Å². The number of likely N-dealkylation sites (N-methyl/N-ethyl adjacent to an activating group) is 1. The van der Waals surface area contributed by atoms with Crippen molar-refractivity contribution in [2.45, 2.75) is 13.8 Å². The molecule has 0 saturated carbocycles. The number of nitrogens with one attached hydrogen (secondary N) is 1. The highest BCUT2D eigenvalue weighted by molar-refractivity contribution is 5.91. The van der Waals surface area contributed by atoms with Crippen molar-refractivity contribution in [2.75, 3.05) is 19.6 Å². The lowest BCUT2D eigenvalue weighted by Crippen LogP contribution is -2.52. The van der Waals surface area contributed by atoms with Crippen molar-refractivity contribution >= 4 is 11.9 Å². The van der Waals surface area contributed by atoms with E-state index in [2.05, 4.69) is 5.32 Å². The molecule has 1 aliphatic rings. The SMILES string of the molecule is CC[N+]1(CC)C(=O)CNC1=O. The zero-order valence-corrected chi connectivity index (χ0v) is 6.89. The van der Waals surface area contributed by atoms with Crippen molar-refractivity contribution in [3.05, 3.63) is 0 Å². The van der Waals surface area contributed by atoms with Crippen LogP contribution in [-0.4, -0.2) is 36.1 Å². The monoisotopic (exact) mass is 157 g/mol. The van der Waals surface area contributed by atoms with Crippen molar-refractivity contribution in [3.63, 3.8) is 0 Å². The second kappa shape index (κ2) is 2.62. The Morgan fingerprint density at radius 1 is 1.36 bits per heavy atom. The number of urea groups is 1. The fourth-order valence-electron chi connectivity index (χ4n) is 1.43.